The van der Waals surface area contributed by atoms with Crippen LogP contribution in [-0.2, 0) is 0 Å². The van der Waals surface area contributed by atoms with Gasteiger partial charge in [0.25, 0.3) is 0 Å². The fourth-order valence-corrected chi connectivity index (χ4v) is 1.57. The Morgan fingerprint density at radius 2 is 2.31 bits per heavy atom. The van der Waals surface area contributed by atoms with Gasteiger partial charge in [-0.15, -0.1) is 0 Å². The maximum Gasteiger partial charge on any atom is 0.340 e. The summed E-state index contributed by atoms with van der Waals surface area (Å²) < 4.78 is 13.1. The molecule has 88 valence electrons. The summed E-state index contributed by atoms with van der Waals surface area (Å²) in [4.78, 5) is 10.9. The summed E-state index contributed by atoms with van der Waals surface area (Å²) in [5.74, 6) is -1.12. The van der Waals surface area contributed by atoms with E-state index in [1.807, 2.05) is 6.26 Å². The van der Waals surface area contributed by atoms with E-state index in [2.05, 4.69) is 5.32 Å². The molecule has 16 heavy (non-hydrogen) atoms. The standard InChI is InChI=1S/C10H13FN2O2S/c1-16-5-4-13-7-3-2-6(11)9(12)8(7)10(14)15/h2-3,13H,4-5,12H2,1H3,(H,14,15). The van der Waals surface area contributed by atoms with E-state index in [0.717, 1.165) is 11.8 Å². The van der Waals surface area contributed by atoms with Gasteiger partial charge in [-0.05, 0) is 18.4 Å². The second-order valence-corrected chi connectivity index (χ2v) is 4.09. The molecule has 0 spiro atoms. The minimum absolute atomic E-state index is 0.207. The molecule has 0 atom stereocenters. The lowest BCUT2D eigenvalue weighted by atomic mass is 10.1. The summed E-state index contributed by atoms with van der Waals surface area (Å²) in [6, 6.07) is 2.54. The van der Waals surface area contributed by atoms with Gasteiger partial charge in [-0.25, -0.2) is 9.18 Å². The Morgan fingerprint density at radius 3 is 2.88 bits per heavy atom. The summed E-state index contributed by atoms with van der Waals surface area (Å²) in [6.07, 6.45) is 1.94. The van der Waals surface area contributed by atoms with Crippen LogP contribution in [-0.4, -0.2) is 29.6 Å². The summed E-state index contributed by atoms with van der Waals surface area (Å²) in [5, 5.41) is 11.9. The smallest absolute Gasteiger partial charge is 0.340 e. The highest BCUT2D eigenvalue weighted by Crippen LogP contribution is 2.24. The molecule has 0 unspecified atom stereocenters. The SMILES string of the molecule is CSCCNc1ccc(F)c(N)c1C(=O)O. The van der Waals surface area contributed by atoms with Crippen molar-refractivity contribution in [3.8, 4) is 0 Å². The number of hydrogen-bond donors (Lipinski definition) is 3. The van der Waals surface area contributed by atoms with Crippen molar-refractivity contribution in [2.45, 2.75) is 0 Å². The van der Waals surface area contributed by atoms with Crippen LogP contribution in [0.15, 0.2) is 12.1 Å². The number of benzene rings is 1. The Labute approximate surface area is 97.0 Å². The first-order valence-corrected chi connectivity index (χ1v) is 6.01. The van der Waals surface area contributed by atoms with Gasteiger partial charge in [0.05, 0.1) is 11.4 Å². The average Bonchev–Trinajstić information content (AvgIpc) is 2.23. The van der Waals surface area contributed by atoms with Crippen LogP contribution in [0.25, 0.3) is 0 Å². The minimum atomic E-state index is -1.23. The van der Waals surface area contributed by atoms with Crippen molar-refractivity contribution in [2.24, 2.45) is 0 Å². The maximum absolute atomic E-state index is 13.1. The number of carboxylic acids is 1. The third-order valence-corrected chi connectivity index (χ3v) is 2.64. The van der Waals surface area contributed by atoms with E-state index in [1.54, 1.807) is 11.8 Å². The van der Waals surface area contributed by atoms with Crippen LogP contribution < -0.4 is 11.1 Å². The molecule has 0 amide bonds. The number of nitrogens with one attached hydrogen (secondary N) is 1. The molecule has 0 aliphatic carbocycles. The van der Waals surface area contributed by atoms with E-state index in [1.165, 1.54) is 6.07 Å². The molecular weight excluding hydrogens is 231 g/mol. The van der Waals surface area contributed by atoms with Gasteiger partial charge >= 0.3 is 5.97 Å². The van der Waals surface area contributed by atoms with Gasteiger partial charge < -0.3 is 16.2 Å². The number of thioether (sulfide) groups is 1. The number of carbonyl (C=O) groups is 1. The number of nitrogens with two attached hydrogens (primary N) is 1. The molecule has 1 aromatic carbocycles. The van der Waals surface area contributed by atoms with Crippen molar-refractivity contribution in [1.29, 1.82) is 0 Å². The number of aromatic carboxylic acids is 1. The van der Waals surface area contributed by atoms with Gasteiger partial charge in [0, 0.05) is 12.3 Å². The number of carboxylic acid groups (broad SMARTS) is 1. The zero-order valence-electron chi connectivity index (χ0n) is 8.79. The van der Waals surface area contributed by atoms with Gasteiger partial charge in [0.15, 0.2) is 0 Å². The van der Waals surface area contributed by atoms with E-state index in [0.29, 0.717) is 12.2 Å². The van der Waals surface area contributed by atoms with Crippen molar-refractivity contribution in [1.82, 2.24) is 0 Å². The fourth-order valence-electron chi connectivity index (χ4n) is 1.26. The predicted molar refractivity (Wildman–Crippen MR) is 64.6 cm³/mol. The van der Waals surface area contributed by atoms with Crippen molar-refractivity contribution in [3.63, 3.8) is 0 Å². The van der Waals surface area contributed by atoms with Crippen molar-refractivity contribution >= 4 is 29.1 Å². The van der Waals surface area contributed by atoms with E-state index in [9.17, 15) is 9.18 Å². The zero-order valence-corrected chi connectivity index (χ0v) is 9.60. The highest BCUT2D eigenvalue weighted by atomic mass is 32.2. The normalized spacial score (nSPS) is 10.1. The van der Waals surface area contributed by atoms with Gasteiger partial charge in [-0.1, -0.05) is 0 Å². The molecule has 1 aromatic rings. The monoisotopic (exact) mass is 244 g/mol. The molecule has 0 saturated heterocycles. The van der Waals surface area contributed by atoms with Gasteiger partial charge in [0.1, 0.15) is 11.4 Å². The molecule has 0 radical (unpaired) electrons. The average molecular weight is 244 g/mol. The molecule has 0 aromatic heterocycles. The lowest BCUT2D eigenvalue weighted by Gasteiger charge is -2.11. The van der Waals surface area contributed by atoms with Crippen LogP contribution in [0.1, 0.15) is 10.4 Å². The van der Waals surface area contributed by atoms with Crippen LogP contribution in [0, 0.1) is 5.82 Å². The summed E-state index contributed by atoms with van der Waals surface area (Å²) in [7, 11) is 0. The molecule has 1 rings (SSSR count). The van der Waals surface area contributed by atoms with Gasteiger partial charge in [-0.2, -0.15) is 11.8 Å². The quantitative estimate of drug-likeness (QED) is 0.544. The predicted octanol–water partition coefficient (Wildman–Crippen LogP) is 1.88. The number of nitrogen functional groups attached to an aromatic ring is 1. The van der Waals surface area contributed by atoms with Crippen molar-refractivity contribution < 1.29 is 14.3 Å². The van der Waals surface area contributed by atoms with Crippen LogP contribution >= 0.6 is 11.8 Å². The summed E-state index contributed by atoms with van der Waals surface area (Å²) in [6.45, 7) is 0.604. The summed E-state index contributed by atoms with van der Waals surface area (Å²) >= 11 is 1.63. The Bertz CT molecular complexity index is 399. The molecule has 4 N–H and O–H groups in total. The number of anilines is 2. The number of rotatable bonds is 5. The lowest BCUT2D eigenvalue weighted by molar-refractivity contribution is 0.0698. The molecule has 0 heterocycles. The van der Waals surface area contributed by atoms with Crippen molar-refractivity contribution in [3.05, 3.63) is 23.5 Å². The van der Waals surface area contributed by atoms with E-state index in [-0.39, 0.29) is 11.3 Å². The third-order valence-electron chi connectivity index (χ3n) is 2.03. The largest absolute Gasteiger partial charge is 0.478 e. The minimum Gasteiger partial charge on any atom is -0.478 e. The van der Waals surface area contributed by atoms with Crippen LogP contribution in [0.5, 0.6) is 0 Å². The Balaban J connectivity index is 2.99. The first-order chi connectivity index (χ1) is 7.57. The molecule has 4 nitrogen and oxygen atoms in total. The van der Waals surface area contributed by atoms with Crippen LogP contribution in [0.2, 0.25) is 0 Å². The summed E-state index contributed by atoms with van der Waals surface area (Å²) in [5.41, 5.74) is 5.20. The van der Waals surface area contributed by atoms with E-state index >= 15 is 0 Å². The molecule has 0 bridgehead atoms. The van der Waals surface area contributed by atoms with Crippen molar-refractivity contribution in [2.75, 3.05) is 29.6 Å². The number of halogens is 1. The second kappa shape index (κ2) is 5.60. The highest BCUT2D eigenvalue weighted by Gasteiger charge is 2.16. The Hall–Kier alpha value is -1.43. The first-order valence-electron chi connectivity index (χ1n) is 4.62. The molecule has 0 saturated carbocycles. The molecule has 0 aliphatic heterocycles. The van der Waals surface area contributed by atoms with E-state index < -0.39 is 11.8 Å². The molecule has 0 fully saturated rings. The second-order valence-electron chi connectivity index (χ2n) is 3.11. The first kappa shape index (κ1) is 12.6. The molecular formula is C10H13FN2O2S. The lowest BCUT2D eigenvalue weighted by Crippen LogP contribution is -2.12. The van der Waals surface area contributed by atoms with E-state index in [4.69, 9.17) is 10.8 Å². The van der Waals surface area contributed by atoms with Crippen LogP contribution in [0.3, 0.4) is 0 Å². The Kier molecular flexibility index (Phi) is 4.42. The fraction of sp³-hybridized carbons (Fsp3) is 0.300. The zero-order chi connectivity index (χ0) is 12.1. The van der Waals surface area contributed by atoms with Gasteiger partial charge in [0.2, 0.25) is 0 Å². The topological polar surface area (TPSA) is 75.3 Å². The van der Waals surface area contributed by atoms with Crippen LogP contribution in [0.4, 0.5) is 15.8 Å². The van der Waals surface area contributed by atoms with Gasteiger partial charge in [-0.3, -0.25) is 0 Å². The highest BCUT2D eigenvalue weighted by molar-refractivity contribution is 7.98. The number of hydrogen-bond acceptors (Lipinski definition) is 4. The third kappa shape index (κ3) is 2.79. The maximum atomic E-state index is 13.1. The Morgan fingerprint density at radius 1 is 1.62 bits per heavy atom. The molecule has 6 heteroatoms. The molecule has 0 aliphatic rings.